The summed E-state index contributed by atoms with van der Waals surface area (Å²) in [5.41, 5.74) is 1.48. The van der Waals surface area contributed by atoms with Gasteiger partial charge in [0.25, 0.3) is 11.8 Å². The molecule has 0 bridgehead atoms. The first-order chi connectivity index (χ1) is 15.0. The maximum Gasteiger partial charge on any atom is 0.272 e. The van der Waals surface area contributed by atoms with E-state index in [4.69, 9.17) is 21.1 Å². The van der Waals surface area contributed by atoms with Crippen LogP contribution in [0.5, 0.6) is 11.5 Å². The van der Waals surface area contributed by atoms with Crippen molar-refractivity contribution < 1.29 is 19.1 Å². The average molecular weight is 452 g/mol. The predicted molar refractivity (Wildman–Crippen MR) is 123 cm³/mol. The highest BCUT2D eigenvalue weighted by Crippen LogP contribution is 2.42. The van der Waals surface area contributed by atoms with Crippen LogP contribution in [0.15, 0.2) is 82.6 Å². The van der Waals surface area contributed by atoms with Crippen LogP contribution in [0.2, 0.25) is 5.02 Å². The van der Waals surface area contributed by atoms with Crippen LogP contribution in [-0.4, -0.2) is 26.0 Å². The molecule has 31 heavy (non-hydrogen) atoms. The molecule has 0 aromatic heterocycles. The Morgan fingerprint density at radius 2 is 1.29 bits per heavy atom. The van der Waals surface area contributed by atoms with E-state index in [-0.39, 0.29) is 11.8 Å². The molecule has 2 amide bonds. The highest BCUT2D eigenvalue weighted by molar-refractivity contribution is 8.04. The van der Waals surface area contributed by atoms with E-state index >= 15 is 0 Å². The van der Waals surface area contributed by atoms with Crippen LogP contribution >= 0.6 is 23.4 Å². The molecule has 0 atom stereocenters. The normalized spacial score (nSPS) is 13.7. The number of nitrogens with zero attached hydrogens (tertiary/aromatic N) is 1. The molecule has 0 N–H and O–H groups in total. The summed E-state index contributed by atoms with van der Waals surface area (Å²) >= 11 is 7.23. The number of hydrogen-bond donors (Lipinski definition) is 0. The van der Waals surface area contributed by atoms with Gasteiger partial charge in [0.05, 0.1) is 30.4 Å². The van der Waals surface area contributed by atoms with Gasteiger partial charge in [0.2, 0.25) is 0 Å². The van der Waals surface area contributed by atoms with Crippen LogP contribution in [-0.2, 0) is 9.59 Å². The molecule has 1 heterocycles. The monoisotopic (exact) mass is 451 g/mol. The molecule has 4 rings (SSSR count). The van der Waals surface area contributed by atoms with Crippen LogP contribution in [0.25, 0.3) is 5.57 Å². The molecular weight excluding hydrogens is 434 g/mol. The molecule has 3 aromatic carbocycles. The number of carbonyl (C=O) groups is 2. The summed E-state index contributed by atoms with van der Waals surface area (Å²) in [6.07, 6.45) is 0. The van der Waals surface area contributed by atoms with Crippen LogP contribution in [0.4, 0.5) is 5.69 Å². The maximum absolute atomic E-state index is 13.4. The second-order valence-electron chi connectivity index (χ2n) is 6.63. The first kappa shape index (κ1) is 21.0. The molecule has 1 aliphatic rings. The highest BCUT2D eigenvalue weighted by Gasteiger charge is 2.40. The van der Waals surface area contributed by atoms with Crippen molar-refractivity contribution in [1.82, 2.24) is 0 Å². The van der Waals surface area contributed by atoms with E-state index in [0.717, 1.165) is 4.90 Å². The summed E-state index contributed by atoms with van der Waals surface area (Å²) in [5.74, 6) is 0.555. The first-order valence-electron chi connectivity index (χ1n) is 9.37. The van der Waals surface area contributed by atoms with Crippen LogP contribution in [0, 0.1) is 0 Å². The molecule has 1 aliphatic heterocycles. The number of imide groups is 1. The Hall–Kier alpha value is -3.22. The Morgan fingerprint density at radius 3 is 1.84 bits per heavy atom. The second kappa shape index (κ2) is 8.88. The molecule has 0 unspecified atom stereocenters. The third kappa shape index (κ3) is 4.17. The standard InChI is InChI=1S/C24H18ClNO4S/c1-29-18-9-3-15(4-10-18)21-22(31-20-13-5-16(25)6-14-20)24(28)26(23(21)27)17-7-11-19(30-2)12-8-17/h3-14H,1-2H3. The Morgan fingerprint density at radius 1 is 0.742 bits per heavy atom. The number of ether oxygens (including phenoxy) is 2. The molecule has 0 saturated carbocycles. The number of amides is 2. The van der Waals surface area contributed by atoms with E-state index in [2.05, 4.69) is 0 Å². The molecule has 156 valence electrons. The van der Waals surface area contributed by atoms with Crippen molar-refractivity contribution in [3.63, 3.8) is 0 Å². The number of rotatable bonds is 6. The van der Waals surface area contributed by atoms with Gasteiger partial charge in [-0.1, -0.05) is 35.5 Å². The zero-order chi connectivity index (χ0) is 22.0. The maximum atomic E-state index is 13.4. The smallest absolute Gasteiger partial charge is 0.272 e. The van der Waals surface area contributed by atoms with Gasteiger partial charge in [-0.15, -0.1) is 0 Å². The van der Waals surface area contributed by atoms with Crippen molar-refractivity contribution in [2.45, 2.75) is 4.90 Å². The Labute approximate surface area is 189 Å². The van der Waals surface area contributed by atoms with E-state index in [1.165, 1.54) is 16.7 Å². The minimum absolute atomic E-state index is 0.350. The van der Waals surface area contributed by atoms with E-state index in [9.17, 15) is 9.59 Å². The lowest BCUT2D eigenvalue weighted by Gasteiger charge is -2.15. The van der Waals surface area contributed by atoms with E-state index < -0.39 is 0 Å². The fourth-order valence-corrected chi connectivity index (χ4v) is 4.32. The summed E-state index contributed by atoms with van der Waals surface area (Å²) < 4.78 is 10.4. The van der Waals surface area contributed by atoms with Crippen LogP contribution in [0.1, 0.15) is 5.56 Å². The number of methoxy groups -OCH3 is 2. The van der Waals surface area contributed by atoms with Gasteiger partial charge < -0.3 is 9.47 Å². The summed E-state index contributed by atoms with van der Waals surface area (Å²) in [4.78, 5) is 29.2. The molecule has 0 aliphatic carbocycles. The van der Waals surface area contributed by atoms with Crippen molar-refractivity contribution in [1.29, 1.82) is 0 Å². The third-order valence-electron chi connectivity index (χ3n) is 4.78. The van der Waals surface area contributed by atoms with Gasteiger partial charge >= 0.3 is 0 Å². The highest BCUT2D eigenvalue weighted by atomic mass is 35.5. The Bertz CT molecular complexity index is 1160. The number of halogens is 1. The summed E-state index contributed by atoms with van der Waals surface area (Å²) in [6.45, 7) is 0. The van der Waals surface area contributed by atoms with Crippen molar-refractivity contribution in [3.8, 4) is 11.5 Å². The minimum atomic E-state index is -0.378. The van der Waals surface area contributed by atoms with Crippen molar-refractivity contribution >= 4 is 46.4 Å². The fraction of sp³-hybridized carbons (Fsp3) is 0.0833. The Kier molecular flexibility index (Phi) is 6.02. The topological polar surface area (TPSA) is 55.8 Å². The van der Waals surface area contributed by atoms with Gasteiger partial charge in [0, 0.05) is 9.92 Å². The van der Waals surface area contributed by atoms with Gasteiger partial charge in [0.15, 0.2) is 0 Å². The summed E-state index contributed by atoms with van der Waals surface area (Å²) in [6, 6.07) is 21.0. The second-order valence-corrected chi connectivity index (χ2v) is 8.15. The zero-order valence-electron chi connectivity index (χ0n) is 16.8. The fourth-order valence-electron chi connectivity index (χ4n) is 3.20. The number of thioether (sulfide) groups is 1. The molecular formula is C24H18ClNO4S. The summed E-state index contributed by atoms with van der Waals surface area (Å²) in [7, 11) is 3.14. The van der Waals surface area contributed by atoms with Gasteiger partial charge in [-0.2, -0.15) is 0 Å². The van der Waals surface area contributed by atoms with Crippen molar-refractivity contribution in [2.75, 3.05) is 19.1 Å². The SMILES string of the molecule is COc1ccc(C2=C(Sc3ccc(Cl)cc3)C(=O)N(c3ccc(OC)cc3)C2=O)cc1. The Balaban J connectivity index is 1.78. The van der Waals surface area contributed by atoms with Gasteiger partial charge in [-0.05, 0) is 66.2 Å². The number of benzene rings is 3. The minimum Gasteiger partial charge on any atom is -0.497 e. The summed E-state index contributed by atoms with van der Waals surface area (Å²) in [5, 5.41) is 0.599. The van der Waals surface area contributed by atoms with E-state index in [1.54, 1.807) is 74.9 Å². The number of carbonyl (C=O) groups excluding carboxylic acids is 2. The lowest BCUT2D eigenvalue weighted by atomic mass is 10.1. The van der Waals surface area contributed by atoms with Gasteiger partial charge in [0.1, 0.15) is 11.5 Å². The van der Waals surface area contributed by atoms with Crippen LogP contribution in [0.3, 0.4) is 0 Å². The molecule has 5 nitrogen and oxygen atoms in total. The number of anilines is 1. The zero-order valence-corrected chi connectivity index (χ0v) is 18.4. The predicted octanol–water partition coefficient (Wildman–Crippen LogP) is 5.43. The van der Waals surface area contributed by atoms with Crippen molar-refractivity contribution in [2.24, 2.45) is 0 Å². The molecule has 7 heteroatoms. The average Bonchev–Trinajstić information content (AvgIpc) is 3.04. The van der Waals surface area contributed by atoms with Crippen LogP contribution < -0.4 is 14.4 Å². The lowest BCUT2D eigenvalue weighted by Crippen LogP contribution is -2.31. The molecule has 0 radical (unpaired) electrons. The number of hydrogen-bond acceptors (Lipinski definition) is 5. The quantitative estimate of drug-likeness (QED) is 0.467. The first-order valence-corrected chi connectivity index (χ1v) is 10.6. The van der Waals surface area contributed by atoms with Crippen molar-refractivity contribution in [3.05, 3.63) is 88.3 Å². The molecule has 0 spiro atoms. The molecule has 3 aromatic rings. The largest absolute Gasteiger partial charge is 0.497 e. The lowest BCUT2D eigenvalue weighted by molar-refractivity contribution is -0.119. The van der Waals surface area contributed by atoms with Gasteiger partial charge in [-0.25, -0.2) is 4.90 Å². The van der Waals surface area contributed by atoms with E-state index in [0.29, 0.717) is 38.3 Å². The molecule has 0 fully saturated rings. The van der Waals surface area contributed by atoms with E-state index in [1.807, 2.05) is 12.1 Å². The third-order valence-corrected chi connectivity index (χ3v) is 6.13. The van der Waals surface area contributed by atoms with Gasteiger partial charge in [-0.3, -0.25) is 9.59 Å². The molecule has 0 saturated heterocycles.